The molecule has 6 heteroatoms. The van der Waals surface area contributed by atoms with Crippen LogP contribution in [0.3, 0.4) is 0 Å². The van der Waals surface area contributed by atoms with E-state index in [1.807, 2.05) is 31.2 Å². The lowest BCUT2D eigenvalue weighted by Gasteiger charge is -2.33. The average molecular weight is 413 g/mol. The molecule has 0 unspecified atom stereocenters. The zero-order valence-electron chi connectivity index (χ0n) is 16.8. The van der Waals surface area contributed by atoms with Gasteiger partial charge in [0.15, 0.2) is 0 Å². The number of rotatable bonds is 4. The maximum atomic E-state index is 13.0. The van der Waals surface area contributed by atoms with Crippen LogP contribution in [0.2, 0.25) is 0 Å². The van der Waals surface area contributed by atoms with Crippen molar-refractivity contribution in [2.45, 2.75) is 50.0 Å². The van der Waals surface area contributed by atoms with Crippen molar-refractivity contribution < 1.29 is 13.2 Å². The molecule has 0 bridgehead atoms. The third-order valence-electron chi connectivity index (χ3n) is 6.10. The van der Waals surface area contributed by atoms with Crippen LogP contribution in [0.25, 0.3) is 0 Å². The molecule has 1 fully saturated rings. The lowest BCUT2D eigenvalue weighted by molar-refractivity contribution is -0.127. The Labute approximate surface area is 173 Å². The molecule has 0 saturated carbocycles. The van der Waals surface area contributed by atoms with Crippen LogP contribution in [0.4, 0.5) is 0 Å². The van der Waals surface area contributed by atoms with Gasteiger partial charge in [0.05, 0.1) is 16.9 Å². The van der Waals surface area contributed by atoms with E-state index in [-0.39, 0.29) is 24.4 Å². The summed E-state index contributed by atoms with van der Waals surface area (Å²) in [6, 6.07) is 15.2. The van der Waals surface area contributed by atoms with Gasteiger partial charge in [0, 0.05) is 13.1 Å². The highest BCUT2D eigenvalue weighted by atomic mass is 32.2. The number of nitrogens with one attached hydrogen (secondary N) is 1. The van der Waals surface area contributed by atoms with E-state index in [1.165, 1.54) is 15.4 Å². The topological polar surface area (TPSA) is 66.5 Å². The van der Waals surface area contributed by atoms with E-state index >= 15 is 0 Å². The Hall–Kier alpha value is -2.18. The monoisotopic (exact) mass is 412 g/mol. The summed E-state index contributed by atoms with van der Waals surface area (Å²) in [5.74, 6) is -0.339. The molecular weight excluding hydrogens is 384 g/mol. The van der Waals surface area contributed by atoms with Crippen molar-refractivity contribution >= 4 is 15.9 Å². The number of carbonyl (C=O) groups is 1. The predicted octanol–water partition coefficient (Wildman–Crippen LogP) is 3.59. The lowest BCUT2D eigenvalue weighted by atomic mass is 9.87. The molecule has 0 radical (unpaired) electrons. The quantitative estimate of drug-likeness (QED) is 0.835. The SMILES string of the molecule is Cc1ccc(S(=O)(=O)N2CCC[C@@H](C(=O)N[C@@H]3CCCc4ccccc43)C2)cc1. The molecular formula is C23H28N2O3S. The summed E-state index contributed by atoms with van der Waals surface area (Å²) in [5.41, 5.74) is 3.52. The molecule has 0 spiro atoms. The number of carbonyl (C=O) groups excluding carboxylic acids is 1. The molecule has 1 N–H and O–H groups in total. The number of sulfonamides is 1. The molecule has 1 saturated heterocycles. The normalized spacial score (nSPS) is 22.7. The Morgan fingerprint density at radius 2 is 1.79 bits per heavy atom. The highest BCUT2D eigenvalue weighted by molar-refractivity contribution is 7.89. The molecule has 1 amide bonds. The van der Waals surface area contributed by atoms with Crippen LogP contribution in [0.15, 0.2) is 53.4 Å². The summed E-state index contributed by atoms with van der Waals surface area (Å²) >= 11 is 0. The van der Waals surface area contributed by atoms with Crippen LogP contribution in [-0.2, 0) is 21.2 Å². The van der Waals surface area contributed by atoms with Gasteiger partial charge in [-0.3, -0.25) is 4.79 Å². The summed E-state index contributed by atoms with van der Waals surface area (Å²) < 4.78 is 27.5. The third kappa shape index (κ3) is 4.23. The van der Waals surface area contributed by atoms with Crippen LogP contribution < -0.4 is 5.32 Å². The number of amides is 1. The zero-order valence-corrected chi connectivity index (χ0v) is 17.6. The van der Waals surface area contributed by atoms with Crippen LogP contribution in [0.5, 0.6) is 0 Å². The standard InChI is InChI=1S/C23H28N2O3S/c1-17-11-13-20(14-12-17)29(27,28)25-15-5-8-19(16-25)23(26)24-22-10-4-7-18-6-2-3-9-21(18)22/h2-3,6,9,11-14,19,22H,4-5,7-8,10,15-16H2,1H3,(H,24,26)/t19-,22-/m1/s1. The minimum atomic E-state index is -3.57. The molecule has 1 heterocycles. The number of fused-ring (bicyclic) bond motifs is 1. The van der Waals surface area contributed by atoms with Gasteiger partial charge in [-0.25, -0.2) is 8.42 Å². The summed E-state index contributed by atoms with van der Waals surface area (Å²) in [7, 11) is -3.57. The number of aryl methyl sites for hydroxylation is 2. The summed E-state index contributed by atoms with van der Waals surface area (Å²) in [4.78, 5) is 13.3. The Balaban J connectivity index is 1.46. The summed E-state index contributed by atoms with van der Waals surface area (Å²) in [6.45, 7) is 2.64. The van der Waals surface area contributed by atoms with Gasteiger partial charge < -0.3 is 5.32 Å². The Kier molecular flexibility index (Phi) is 5.74. The van der Waals surface area contributed by atoms with Gasteiger partial charge >= 0.3 is 0 Å². The highest BCUT2D eigenvalue weighted by Crippen LogP contribution is 2.31. The molecule has 2 aliphatic rings. The minimum Gasteiger partial charge on any atom is -0.349 e. The fraction of sp³-hybridized carbons (Fsp3) is 0.435. The number of hydrogen-bond donors (Lipinski definition) is 1. The van der Waals surface area contributed by atoms with Gasteiger partial charge in [0.1, 0.15) is 0 Å². The van der Waals surface area contributed by atoms with Crippen molar-refractivity contribution in [2.75, 3.05) is 13.1 Å². The molecule has 1 aliphatic heterocycles. The van der Waals surface area contributed by atoms with Crippen molar-refractivity contribution in [1.82, 2.24) is 9.62 Å². The van der Waals surface area contributed by atoms with Gasteiger partial charge in [-0.2, -0.15) is 4.31 Å². The van der Waals surface area contributed by atoms with Crippen LogP contribution >= 0.6 is 0 Å². The first-order chi connectivity index (χ1) is 13.9. The Morgan fingerprint density at radius 1 is 1.03 bits per heavy atom. The Bertz CT molecular complexity index is 985. The van der Waals surface area contributed by atoms with Gasteiger partial charge in [-0.15, -0.1) is 0 Å². The molecule has 0 aromatic heterocycles. The van der Waals surface area contributed by atoms with Crippen molar-refractivity contribution in [3.63, 3.8) is 0 Å². The van der Waals surface area contributed by atoms with E-state index in [1.54, 1.807) is 12.1 Å². The van der Waals surface area contributed by atoms with E-state index in [2.05, 4.69) is 17.4 Å². The van der Waals surface area contributed by atoms with Crippen molar-refractivity contribution in [3.8, 4) is 0 Å². The van der Waals surface area contributed by atoms with Gasteiger partial charge in [-0.1, -0.05) is 42.0 Å². The third-order valence-corrected chi connectivity index (χ3v) is 7.98. The second-order valence-electron chi connectivity index (χ2n) is 8.17. The first-order valence-corrected chi connectivity index (χ1v) is 11.8. The predicted molar refractivity (Wildman–Crippen MR) is 113 cm³/mol. The van der Waals surface area contributed by atoms with E-state index in [0.29, 0.717) is 17.9 Å². The fourth-order valence-corrected chi connectivity index (χ4v) is 5.95. The molecule has 1 aliphatic carbocycles. The summed E-state index contributed by atoms with van der Waals surface area (Å²) in [5, 5.41) is 3.20. The smallest absolute Gasteiger partial charge is 0.243 e. The fourth-order valence-electron chi connectivity index (χ4n) is 4.43. The van der Waals surface area contributed by atoms with Crippen molar-refractivity contribution in [1.29, 1.82) is 0 Å². The van der Waals surface area contributed by atoms with Crippen LogP contribution in [0.1, 0.15) is 48.4 Å². The number of piperidine rings is 1. The zero-order chi connectivity index (χ0) is 20.4. The first-order valence-electron chi connectivity index (χ1n) is 10.4. The lowest BCUT2D eigenvalue weighted by Crippen LogP contribution is -2.46. The van der Waals surface area contributed by atoms with Crippen LogP contribution in [-0.4, -0.2) is 31.7 Å². The molecule has 29 heavy (non-hydrogen) atoms. The highest BCUT2D eigenvalue weighted by Gasteiger charge is 2.34. The van der Waals surface area contributed by atoms with E-state index in [4.69, 9.17) is 0 Å². The number of benzene rings is 2. The largest absolute Gasteiger partial charge is 0.349 e. The molecule has 2 aromatic carbocycles. The number of nitrogens with zero attached hydrogens (tertiary/aromatic N) is 1. The van der Waals surface area contributed by atoms with Gasteiger partial charge in [0.2, 0.25) is 15.9 Å². The average Bonchev–Trinajstić information content (AvgIpc) is 2.74. The first kappa shape index (κ1) is 20.1. The molecule has 5 nitrogen and oxygen atoms in total. The maximum Gasteiger partial charge on any atom is 0.243 e. The van der Waals surface area contributed by atoms with E-state index in [9.17, 15) is 13.2 Å². The van der Waals surface area contributed by atoms with Crippen molar-refractivity contribution in [3.05, 3.63) is 65.2 Å². The second kappa shape index (κ2) is 8.28. The van der Waals surface area contributed by atoms with E-state index < -0.39 is 10.0 Å². The second-order valence-corrected chi connectivity index (χ2v) is 10.1. The minimum absolute atomic E-state index is 0.0246. The molecule has 4 rings (SSSR count). The Morgan fingerprint density at radius 3 is 2.59 bits per heavy atom. The van der Waals surface area contributed by atoms with Crippen molar-refractivity contribution in [2.24, 2.45) is 5.92 Å². The van der Waals surface area contributed by atoms with Gasteiger partial charge in [0.25, 0.3) is 0 Å². The molecule has 154 valence electrons. The molecule has 2 aromatic rings. The van der Waals surface area contributed by atoms with Gasteiger partial charge in [-0.05, 0) is 62.3 Å². The van der Waals surface area contributed by atoms with E-state index in [0.717, 1.165) is 31.2 Å². The maximum absolute atomic E-state index is 13.0. The number of hydrogen-bond acceptors (Lipinski definition) is 3. The molecule has 2 atom stereocenters. The summed E-state index contributed by atoms with van der Waals surface area (Å²) in [6.07, 6.45) is 4.46. The van der Waals surface area contributed by atoms with Crippen LogP contribution in [0, 0.1) is 12.8 Å².